The number of ether oxygens (including phenoxy) is 2. The van der Waals surface area contributed by atoms with Gasteiger partial charge in [-0.05, 0) is 48.6 Å². The van der Waals surface area contributed by atoms with E-state index in [0.717, 1.165) is 23.1 Å². The van der Waals surface area contributed by atoms with Gasteiger partial charge in [0.25, 0.3) is 0 Å². The van der Waals surface area contributed by atoms with E-state index in [4.69, 9.17) is 9.47 Å². The molecule has 2 amide bonds. The van der Waals surface area contributed by atoms with Gasteiger partial charge < -0.3 is 19.7 Å². The average Bonchev–Trinajstić information content (AvgIpc) is 2.94. The van der Waals surface area contributed by atoms with Crippen molar-refractivity contribution in [3.63, 3.8) is 0 Å². The van der Waals surface area contributed by atoms with Crippen molar-refractivity contribution < 1.29 is 19.1 Å². The molecule has 0 radical (unpaired) electrons. The van der Waals surface area contributed by atoms with Gasteiger partial charge in [0.2, 0.25) is 11.8 Å². The molecule has 0 aromatic heterocycles. The number of carbonyl (C=O) groups is 2. The van der Waals surface area contributed by atoms with E-state index in [1.807, 2.05) is 92.7 Å². The Labute approximate surface area is 220 Å². The fraction of sp³-hybridized carbons (Fsp3) is 0.355. The summed E-state index contributed by atoms with van der Waals surface area (Å²) in [4.78, 5) is 29.1. The number of hydrogen-bond acceptors (Lipinski definition) is 4. The van der Waals surface area contributed by atoms with E-state index in [1.165, 1.54) is 0 Å². The Morgan fingerprint density at radius 2 is 1.46 bits per heavy atom. The van der Waals surface area contributed by atoms with Gasteiger partial charge in [0.15, 0.2) is 11.5 Å². The van der Waals surface area contributed by atoms with Crippen LogP contribution in [-0.4, -0.2) is 43.0 Å². The van der Waals surface area contributed by atoms with Gasteiger partial charge in [-0.25, -0.2) is 0 Å². The highest BCUT2D eigenvalue weighted by molar-refractivity contribution is 5.88. The first kappa shape index (κ1) is 27.8. The number of amides is 2. The van der Waals surface area contributed by atoms with E-state index in [1.54, 1.807) is 19.1 Å². The van der Waals surface area contributed by atoms with Crippen LogP contribution >= 0.6 is 0 Å². The fourth-order valence-electron chi connectivity index (χ4n) is 4.21. The Bertz CT molecular complexity index is 1130. The average molecular weight is 503 g/mol. The number of aryl methyl sites for hydroxylation is 1. The number of carbonyl (C=O) groups excluding carboxylic acids is 2. The molecule has 0 unspecified atom stereocenters. The minimum atomic E-state index is -0.630. The molecule has 0 aliphatic carbocycles. The van der Waals surface area contributed by atoms with Crippen molar-refractivity contribution in [3.05, 3.63) is 95.6 Å². The number of hydrogen-bond donors (Lipinski definition) is 1. The predicted octanol–water partition coefficient (Wildman–Crippen LogP) is 5.19. The molecule has 3 aromatic rings. The summed E-state index contributed by atoms with van der Waals surface area (Å²) in [5.41, 5.74) is 2.96. The van der Waals surface area contributed by atoms with E-state index in [9.17, 15) is 9.59 Å². The first-order chi connectivity index (χ1) is 17.9. The van der Waals surface area contributed by atoms with Crippen LogP contribution in [0.3, 0.4) is 0 Å². The van der Waals surface area contributed by atoms with Crippen LogP contribution in [0.15, 0.2) is 78.9 Å². The zero-order chi connectivity index (χ0) is 26.6. The lowest BCUT2D eigenvalue weighted by atomic mass is 10.0. The Morgan fingerprint density at radius 1 is 0.838 bits per heavy atom. The molecule has 1 N–H and O–H groups in total. The van der Waals surface area contributed by atoms with Crippen LogP contribution in [0.5, 0.6) is 11.5 Å². The molecule has 3 rings (SSSR count). The second-order valence-corrected chi connectivity index (χ2v) is 9.22. The largest absolute Gasteiger partial charge is 0.493 e. The van der Waals surface area contributed by atoms with E-state index in [-0.39, 0.29) is 24.3 Å². The molecule has 0 saturated heterocycles. The number of nitrogens with one attached hydrogen (secondary N) is 1. The third-order valence-electron chi connectivity index (χ3n) is 6.54. The number of benzene rings is 3. The molecule has 0 spiro atoms. The van der Waals surface area contributed by atoms with Gasteiger partial charge >= 0.3 is 0 Å². The van der Waals surface area contributed by atoms with Gasteiger partial charge in [-0.1, -0.05) is 73.7 Å². The molecule has 0 saturated carbocycles. The third kappa shape index (κ3) is 8.10. The van der Waals surface area contributed by atoms with Crippen LogP contribution < -0.4 is 14.8 Å². The highest BCUT2D eigenvalue weighted by atomic mass is 16.5. The lowest BCUT2D eigenvalue weighted by Crippen LogP contribution is -2.52. The maximum atomic E-state index is 13.8. The minimum absolute atomic E-state index is 0.0196. The normalized spacial score (nSPS) is 12.3. The monoisotopic (exact) mass is 502 g/mol. The van der Waals surface area contributed by atoms with Crippen molar-refractivity contribution >= 4 is 11.8 Å². The van der Waals surface area contributed by atoms with Crippen molar-refractivity contribution in [2.24, 2.45) is 0 Å². The lowest BCUT2D eigenvalue weighted by Gasteiger charge is -2.32. The number of methoxy groups -OCH3 is 2. The van der Waals surface area contributed by atoms with Crippen LogP contribution in [0, 0.1) is 0 Å². The summed E-state index contributed by atoms with van der Waals surface area (Å²) < 4.78 is 10.8. The summed E-state index contributed by atoms with van der Waals surface area (Å²) in [7, 11) is 3.19. The van der Waals surface area contributed by atoms with Gasteiger partial charge in [0.05, 0.1) is 14.2 Å². The Balaban J connectivity index is 1.89. The smallest absolute Gasteiger partial charge is 0.243 e. The van der Waals surface area contributed by atoms with E-state index >= 15 is 0 Å². The minimum Gasteiger partial charge on any atom is -0.493 e. The molecule has 6 nitrogen and oxygen atoms in total. The van der Waals surface area contributed by atoms with Crippen LogP contribution in [-0.2, 0) is 29.0 Å². The maximum absolute atomic E-state index is 13.8. The Morgan fingerprint density at radius 3 is 2.05 bits per heavy atom. The van der Waals surface area contributed by atoms with Crippen LogP contribution in [0.1, 0.15) is 43.4 Å². The molecule has 3 aromatic carbocycles. The maximum Gasteiger partial charge on any atom is 0.243 e. The van der Waals surface area contributed by atoms with Crippen molar-refractivity contribution in [2.75, 3.05) is 14.2 Å². The number of rotatable bonds is 13. The van der Waals surface area contributed by atoms with Gasteiger partial charge in [-0.2, -0.15) is 0 Å². The Kier molecular flexibility index (Phi) is 10.6. The van der Waals surface area contributed by atoms with Crippen molar-refractivity contribution in [2.45, 2.75) is 58.2 Å². The number of nitrogens with zero attached hydrogens (tertiary/aromatic N) is 1. The summed E-state index contributed by atoms with van der Waals surface area (Å²) in [5, 5.41) is 3.11. The molecule has 0 fully saturated rings. The summed E-state index contributed by atoms with van der Waals surface area (Å²) >= 11 is 0. The first-order valence-electron chi connectivity index (χ1n) is 12.8. The quantitative estimate of drug-likeness (QED) is 0.349. The molecular weight excluding hydrogens is 464 g/mol. The van der Waals surface area contributed by atoms with Crippen molar-refractivity contribution in [1.82, 2.24) is 10.2 Å². The molecule has 6 heteroatoms. The first-order valence-corrected chi connectivity index (χ1v) is 12.8. The summed E-state index contributed by atoms with van der Waals surface area (Å²) in [6.07, 6.45) is 2.05. The SMILES string of the molecule is CC[C@H](C)NC(=O)[C@@H](Cc1ccccc1)N(Cc1ccccc1)C(=O)CCc1ccc(OC)c(OC)c1. The van der Waals surface area contributed by atoms with Gasteiger partial charge in [-0.3, -0.25) is 9.59 Å². The lowest BCUT2D eigenvalue weighted by molar-refractivity contribution is -0.141. The van der Waals surface area contributed by atoms with Gasteiger partial charge in [-0.15, -0.1) is 0 Å². The highest BCUT2D eigenvalue weighted by Crippen LogP contribution is 2.28. The molecular formula is C31H38N2O4. The molecule has 0 bridgehead atoms. The van der Waals surface area contributed by atoms with Gasteiger partial charge in [0.1, 0.15) is 6.04 Å². The molecule has 0 aliphatic rings. The summed E-state index contributed by atoms with van der Waals surface area (Å²) in [6.45, 7) is 4.38. The fourth-order valence-corrected chi connectivity index (χ4v) is 4.21. The van der Waals surface area contributed by atoms with Crippen molar-refractivity contribution in [1.29, 1.82) is 0 Å². The molecule has 37 heavy (non-hydrogen) atoms. The second-order valence-electron chi connectivity index (χ2n) is 9.22. The topological polar surface area (TPSA) is 67.9 Å². The highest BCUT2D eigenvalue weighted by Gasteiger charge is 2.30. The standard InChI is InChI=1S/C31H38N2O4/c1-5-23(2)32-31(35)27(20-24-12-8-6-9-13-24)33(22-26-14-10-7-11-15-26)30(34)19-17-25-16-18-28(36-3)29(21-25)37-4/h6-16,18,21,23,27H,5,17,19-20,22H2,1-4H3,(H,32,35)/t23-,27+/m0/s1. The zero-order valence-corrected chi connectivity index (χ0v) is 22.3. The summed E-state index contributed by atoms with van der Waals surface area (Å²) in [5.74, 6) is 1.07. The third-order valence-corrected chi connectivity index (χ3v) is 6.54. The Hall–Kier alpha value is -3.80. The van der Waals surface area contributed by atoms with Crippen LogP contribution in [0.4, 0.5) is 0 Å². The summed E-state index contributed by atoms with van der Waals surface area (Å²) in [6, 6.07) is 24.8. The second kappa shape index (κ2) is 14.1. The van der Waals surface area contributed by atoms with Crippen LogP contribution in [0.25, 0.3) is 0 Å². The molecule has 2 atom stereocenters. The molecule has 0 aliphatic heterocycles. The van der Waals surface area contributed by atoms with E-state index in [2.05, 4.69) is 5.32 Å². The predicted molar refractivity (Wildman–Crippen MR) is 147 cm³/mol. The van der Waals surface area contributed by atoms with E-state index < -0.39 is 6.04 Å². The molecule has 0 heterocycles. The van der Waals surface area contributed by atoms with Crippen molar-refractivity contribution in [3.8, 4) is 11.5 Å². The zero-order valence-electron chi connectivity index (χ0n) is 22.3. The molecule has 196 valence electrons. The van der Waals surface area contributed by atoms with Gasteiger partial charge in [0, 0.05) is 25.4 Å². The van der Waals surface area contributed by atoms with Crippen LogP contribution in [0.2, 0.25) is 0 Å². The van der Waals surface area contributed by atoms with E-state index in [0.29, 0.717) is 30.9 Å².